The van der Waals surface area contributed by atoms with Gasteiger partial charge in [0.1, 0.15) is 5.70 Å². The van der Waals surface area contributed by atoms with Crippen LogP contribution in [0.15, 0.2) is 46.2 Å². The van der Waals surface area contributed by atoms with E-state index < -0.39 is 40.8 Å². The van der Waals surface area contributed by atoms with Crippen LogP contribution in [0.5, 0.6) is 0 Å². The number of nitrogens with zero attached hydrogens (tertiary/aromatic N) is 1. The Morgan fingerprint density at radius 3 is 2.28 bits per heavy atom. The van der Waals surface area contributed by atoms with Crippen LogP contribution in [-0.2, 0) is 19.1 Å². The van der Waals surface area contributed by atoms with Gasteiger partial charge in [0.2, 0.25) is 0 Å². The minimum Gasteiger partial charge on any atom is -0.465 e. The van der Waals surface area contributed by atoms with E-state index in [1.807, 2.05) is 0 Å². The van der Waals surface area contributed by atoms with Crippen LogP contribution in [0.4, 0.5) is 18.9 Å². The van der Waals surface area contributed by atoms with Gasteiger partial charge in [-0.25, -0.2) is 22.8 Å². The van der Waals surface area contributed by atoms with Crippen LogP contribution in [0.25, 0.3) is 0 Å². The molecule has 0 bridgehead atoms. The molecule has 5 nitrogen and oxygen atoms in total. The van der Waals surface area contributed by atoms with Gasteiger partial charge in [-0.2, -0.15) is 0 Å². The third-order valence-electron chi connectivity index (χ3n) is 3.22. The fraction of sp³-hybridized carbons (Fsp3) is 0.125. The molecule has 25 heavy (non-hydrogen) atoms. The minimum absolute atomic E-state index is 0.180. The molecular weight excluding hydrogens is 407 g/mol. The first-order valence-corrected chi connectivity index (χ1v) is 7.50. The Morgan fingerprint density at radius 1 is 1.04 bits per heavy atom. The molecule has 0 aromatic heterocycles. The number of hydrogen-bond acceptors (Lipinski definition) is 5. The van der Waals surface area contributed by atoms with Gasteiger partial charge in [-0.1, -0.05) is 6.08 Å². The number of halogens is 4. The number of hydrogen-bond donors (Lipinski definition) is 0. The largest absolute Gasteiger partial charge is 0.465 e. The SMILES string of the molecule is COC(=O)C1=C(C(=O)OC)N(c2c(Br)cc(F)c(F)c2F)C=CC=C1. The van der Waals surface area contributed by atoms with Crippen LogP contribution in [0.1, 0.15) is 0 Å². The van der Waals surface area contributed by atoms with Crippen LogP contribution in [0.3, 0.4) is 0 Å². The molecule has 1 aromatic carbocycles. The summed E-state index contributed by atoms with van der Waals surface area (Å²) in [6.45, 7) is 0. The van der Waals surface area contributed by atoms with Gasteiger partial charge in [0.05, 0.1) is 25.5 Å². The van der Waals surface area contributed by atoms with Gasteiger partial charge < -0.3 is 14.4 Å². The van der Waals surface area contributed by atoms with E-state index in [2.05, 4.69) is 25.4 Å². The second-order valence-corrected chi connectivity index (χ2v) is 5.49. The monoisotopic (exact) mass is 417 g/mol. The summed E-state index contributed by atoms with van der Waals surface area (Å²) < 4.78 is 50.5. The summed E-state index contributed by atoms with van der Waals surface area (Å²) in [7, 11) is 2.15. The number of carbonyl (C=O) groups is 2. The molecule has 0 saturated heterocycles. The Morgan fingerprint density at radius 2 is 1.68 bits per heavy atom. The van der Waals surface area contributed by atoms with E-state index in [-0.39, 0.29) is 10.0 Å². The third-order valence-corrected chi connectivity index (χ3v) is 3.82. The van der Waals surface area contributed by atoms with Crippen LogP contribution in [0.2, 0.25) is 0 Å². The molecule has 0 spiro atoms. The van der Waals surface area contributed by atoms with E-state index in [1.165, 1.54) is 24.4 Å². The molecule has 1 aromatic rings. The standard InChI is InChI=1S/C16H11BrF3NO4/c1-24-15(22)8-5-3-4-6-21(13(8)16(23)25-2)14-9(17)7-10(18)11(19)12(14)20/h3-7H,1-2H3. The van der Waals surface area contributed by atoms with Crippen LogP contribution in [-0.4, -0.2) is 26.2 Å². The van der Waals surface area contributed by atoms with E-state index in [4.69, 9.17) is 0 Å². The van der Waals surface area contributed by atoms with Crippen molar-refractivity contribution in [3.05, 3.63) is 63.7 Å². The van der Waals surface area contributed by atoms with Crippen molar-refractivity contribution in [2.75, 3.05) is 19.1 Å². The third kappa shape index (κ3) is 3.46. The van der Waals surface area contributed by atoms with Gasteiger partial charge in [-0.3, -0.25) is 0 Å². The minimum atomic E-state index is -1.73. The van der Waals surface area contributed by atoms with Crippen molar-refractivity contribution in [3.8, 4) is 0 Å². The number of benzene rings is 1. The summed E-state index contributed by atoms with van der Waals surface area (Å²) in [5.74, 6) is -6.60. The lowest BCUT2D eigenvalue weighted by molar-refractivity contribution is -0.139. The van der Waals surface area contributed by atoms with E-state index in [0.717, 1.165) is 19.1 Å². The van der Waals surface area contributed by atoms with Gasteiger partial charge in [0, 0.05) is 10.7 Å². The molecule has 0 unspecified atom stereocenters. The zero-order valence-corrected chi connectivity index (χ0v) is 14.6. The lowest BCUT2D eigenvalue weighted by Crippen LogP contribution is -2.28. The average molecular weight is 418 g/mol. The molecule has 1 heterocycles. The number of ether oxygens (including phenoxy) is 2. The average Bonchev–Trinajstić information content (AvgIpc) is 2.81. The van der Waals surface area contributed by atoms with Gasteiger partial charge >= 0.3 is 11.9 Å². The Labute approximate surface area is 149 Å². The van der Waals surface area contributed by atoms with E-state index in [9.17, 15) is 22.8 Å². The molecule has 0 saturated carbocycles. The smallest absolute Gasteiger partial charge is 0.355 e. The number of rotatable bonds is 3. The van der Waals surface area contributed by atoms with Crippen LogP contribution in [0, 0.1) is 17.5 Å². The van der Waals surface area contributed by atoms with E-state index in [0.29, 0.717) is 6.07 Å². The number of methoxy groups -OCH3 is 2. The van der Waals surface area contributed by atoms with Crippen molar-refractivity contribution in [2.45, 2.75) is 0 Å². The molecule has 0 amide bonds. The van der Waals surface area contributed by atoms with Crippen LogP contribution >= 0.6 is 15.9 Å². The van der Waals surface area contributed by atoms with Gasteiger partial charge in [0.15, 0.2) is 17.5 Å². The molecule has 0 atom stereocenters. The summed E-state index contributed by atoms with van der Waals surface area (Å²) in [5, 5.41) is 0. The molecule has 1 aliphatic rings. The molecule has 2 rings (SSSR count). The summed E-state index contributed by atoms with van der Waals surface area (Å²) in [6.07, 6.45) is 5.20. The predicted octanol–water partition coefficient (Wildman–Crippen LogP) is 3.36. The lowest BCUT2D eigenvalue weighted by Gasteiger charge is -2.24. The van der Waals surface area contributed by atoms with Crippen molar-refractivity contribution in [2.24, 2.45) is 0 Å². The summed E-state index contributed by atoms with van der Waals surface area (Å²) in [5.41, 5.74) is -1.19. The second-order valence-electron chi connectivity index (χ2n) is 4.63. The first-order chi connectivity index (χ1) is 11.8. The maximum absolute atomic E-state index is 14.4. The second kappa shape index (κ2) is 7.56. The highest BCUT2D eigenvalue weighted by Gasteiger charge is 2.31. The fourth-order valence-electron chi connectivity index (χ4n) is 2.11. The zero-order chi connectivity index (χ0) is 18.7. The molecule has 0 aliphatic carbocycles. The predicted molar refractivity (Wildman–Crippen MR) is 85.8 cm³/mol. The maximum Gasteiger partial charge on any atom is 0.355 e. The molecule has 1 aliphatic heterocycles. The highest BCUT2D eigenvalue weighted by molar-refractivity contribution is 9.10. The number of carbonyl (C=O) groups excluding carboxylic acids is 2. The zero-order valence-electron chi connectivity index (χ0n) is 13.0. The number of allylic oxidation sites excluding steroid dienone is 2. The molecule has 0 fully saturated rings. The van der Waals surface area contributed by atoms with Crippen LogP contribution < -0.4 is 4.90 Å². The highest BCUT2D eigenvalue weighted by Crippen LogP contribution is 2.36. The molecule has 0 N–H and O–H groups in total. The first-order valence-electron chi connectivity index (χ1n) is 6.71. The highest BCUT2D eigenvalue weighted by atomic mass is 79.9. The number of anilines is 1. The van der Waals surface area contributed by atoms with Crippen molar-refractivity contribution in [1.29, 1.82) is 0 Å². The van der Waals surface area contributed by atoms with Gasteiger partial charge in [-0.15, -0.1) is 0 Å². The maximum atomic E-state index is 14.4. The van der Waals surface area contributed by atoms with Crippen molar-refractivity contribution >= 4 is 33.6 Å². The van der Waals surface area contributed by atoms with Gasteiger partial charge in [0.25, 0.3) is 0 Å². The Kier molecular flexibility index (Phi) is 5.68. The molecule has 9 heteroatoms. The molecule has 0 radical (unpaired) electrons. The summed E-state index contributed by atoms with van der Waals surface area (Å²) in [4.78, 5) is 25.1. The van der Waals surface area contributed by atoms with Crippen molar-refractivity contribution in [3.63, 3.8) is 0 Å². The Bertz CT molecular complexity index is 833. The van der Waals surface area contributed by atoms with E-state index >= 15 is 0 Å². The topological polar surface area (TPSA) is 55.8 Å². The molecular formula is C16H11BrF3NO4. The van der Waals surface area contributed by atoms with Crippen molar-refractivity contribution in [1.82, 2.24) is 0 Å². The van der Waals surface area contributed by atoms with Gasteiger partial charge in [-0.05, 0) is 34.1 Å². The van der Waals surface area contributed by atoms with Crippen molar-refractivity contribution < 1.29 is 32.2 Å². The quantitative estimate of drug-likeness (QED) is 0.428. The lowest BCUT2D eigenvalue weighted by atomic mass is 10.1. The summed E-state index contributed by atoms with van der Waals surface area (Å²) >= 11 is 2.93. The van der Waals surface area contributed by atoms with E-state index in [1.54, 1.807) is 0 Å². The Hall–Kier alpha value is -2.55. The molecule has 132 valence electrons. The Balaban J connectivity index is 2.81. The normalized spacial score (nSPS) is 13.8. The fourth-order valence-corrected chi connectivity index (χ4v) is 2.68. The first kappa shape index (κ1) is 18.8. The number of esters is 2. The summed E-state index contributed by atoms with van der Waals surface area (Å²) in [6, 6.07) is 0.701.